The molecule has 0 atom stereocenters. The first-order valence-corrected chi connectivity index (χ1v) is 27.5. The Kier molecular flexibility index (Phi) is 9.37. The van der Waals surface area contributed by atoms with Crippen molar-refractivity contribution in [3.63, 3.8) is 0 Å². The fourth-order valence-electron chi connectivity index (χ4n) is 14.4. The third kappa shape index (κ3) is 5.87. The molecule has 6 heteroatoms. The van der Waals surface area contributed by atoms with Gasteiger partial charge in [-0.2, -0.15) is 10.5 Å². The Bertz CT molecular complexity index is 5240. The number of hydrogen-bond donors (Lipinski definition) is 0. The molecule has 1 aliphatic rings. The molecule has 4 heterocycles. The predicted molar refractivity (Wildman–Crippen MR) is 331 cm³/mol. The molecule has 12 aromatic carbocycles. The zero-order chi connectivity index (χ0) is 53.5. The van der Waals surface area contributed by atoms with Crippen LogP contribution in [0.15, 0.2) is 267 Å². The lowest BCUT2D eigenvalue weighted by Gasteiger charge is -2.34. The zero-order valence-corrected chi connectivity index (χ0v) is 43.6. The molecular weight excluding hydrogens is 985 g/mol. The van der Waals surface area contributed by atoms with Gasteiger partial charge < -0.3 is 18.3 Å². The fraction of sp³-hybridized carbons (Fsp3) is 0.0133. The summed E-state index contributed by atoms with van der Waals surface area (Å²) in [5.74, 6) is 0. The third-order valence-electron chi connectivity index (χ3n) is 17.5. The molecule has 0 saturated heterocycles. The Labute approximate surface area is 465 Å². The SMILES string of the molecule is N#Cc1c(C#N)c(-n2c3ccccc3c3cc4c(cc32)-c2ccccc2C4(c2ccccc2)c2ccccc2)c(-n2c3ccccc3c3ccccc32)c(-n2c3ccccc3c3ccccc32)c1-n1c2ccccc2c2ccccc21. The van der Waals surface area contributed by atoms with E-state index in [1.807, 2.05) is 0 Å². The lowest BCUT2D eigenvalue weighted by atomic mass is 9.67. The largest absolute Gasteiger partial charge is 0.306 e. The Morgan fingerprint density at radius 2 is 0.543 bits per heavy atom. The maximum absolute atomic E-state index is 12.5. The van der Waals surface area contributed by atoms with Gasteiger partial charge >= 0.3 is 0 Å². The van der Waals surface area contributed by atoms with E-state index >= 15 is 0 Å². The number of para-hydroxylation sites is 7. The van der Waals surface area contributed by atoms with Gasteiger partial charge in [-0.1, -0.05) is 212 Å². The van der Waals surface area contributed by atoms with Crippen LogP contribution in [0.25, 0.3) is 121 Å². The topological polar surface area (TPSA) is 67.3 Å². The van der Waals surface area contributed by atoms with Gasteiger partial charge in [-0.15, -0.1) is 0 Å². The molecule has 0 saturated carbocycles. The summed E-state index contributed by atoms with van der Waals surface area (Å²) in [7, 11) is 0. The summed E-state index contributed by atoms with van der Waals surface area (Å²) >= 11 is 0. The van der Waals surface area contributed by atoms with E-state index in [1.165, 1.54) is 22.3 Å². The molecule has 0 fully saturated rings. The number of benzene rings is 12. The second-order valence-corrected chi connectivity index (χ2v) is 21.3. The minimum atomic E-state index is -0.653. The van der Waals surface area contributed by atoms with E-state index in [0.717, 1.165) is 110 Å². The summed E-state index contributed by atoms with van der Waals surface area (Å²) in [5, 5.41) is 33.4. The summed E-state index contributed by atoms with van der Waals surface area (Å²) in [6, 6.07) is 101. The Balaban J connectivity index is 1.15. The van der Waals surface area contributed by atoms with Crippen molar-refractivity contribution in [3.05, 3.63) is 300 Å². The molecule has 4 aromatic heterocycles. The highest BCUT2D eigenvalue weighted by molar-refractivity contribution is 6.17. The van der Waals surface area contributed by atoms with E-state index in [4.69, 9.17) is 0 Å². The van der Waals surface area contributed by atoms with Crippen LogP contribution in [0, 0.1) is 22.7 Å². The Morgan fingerprint density at radius 1 is 0.247 bits per heavy atom. The van der Waals surface area contributed by atoms with Gasteiger partial charge in [-0.3, -0.25) is 0 Å². The molecule has 6 nitrogen and oxygen atoms in total. The molecule has 374 valence electrons. The van der Waals surface area contributed by atoms with Crippen molar-refractivity contribution >= 4 is 87.2 Å². The maximum atomic E-state index is 12.5. The number of nitrogens with zero attached hydrogens (tertiary/aromatic N) is 6. The van der Waals surface area contributed by atoms with E-state index in [0.29, 0.717) is 11.4 Å². The highest BCUT2D eigenvalue weighted by Crippen LogP contribution is 2.58. The number of fused-ring (bicyclic) bond motifs is 15. The molecule has 0 radical (unpaired) electrons. The monoisotopic (exact) mass is 1030 g/mol. The van der Waals surface area contributed by atoms with E-state index in [9.17, 15) is 10.5 Å². The minimum Gasteiger partial charge on any atom is -0.306 e. The zero-order valence-electron chi connectivity index (χ0n) is 43.6. The molecular formula is C75H44N6. The number of nitriles is 2. The van der Waals surface area contributed by atoms with Crippen LogP contribution in [0.2, 0.25) is 0 Å². The van der Waals surface area contributed by atoms with Crippen LogP contribution >= 0.6 is 0 Å². The molecule has 0 amide bonds. The summed E-state index contributed by atoms with van der Waals surface area (Å²) in [6.07, 6.45) is 0. The average Bonchev–Trinajstić information content (AvgIpc) is 4.33. The van der Waals surface area contributed by atoms with E-state index < -0.39 is 5.41 Å². The molecule has 0 aliphatic heterocycles. The van der Waals surface area contributed by atoms with Gasteiger partial charge in [0, 0.05) is 43.1 Å². The normalized spacial score (nSPS) is 12.8. The van der Waals surface area contributed by atoms with Gasteiger partial charge in [0.15, 0.2) is 0 Å². The number of rotatable bonds is 6. The molecule has 81 heavy (non-hydrogen) atoms. The first kappa shape index (κ1) is 44.9. The predicted octanol–water partition coefficient (Wildman–Crippen LogP) is 18.2. The molecule has 0 bridgehead atoms. The van der Waals surface area contributed by atoms with Crippen LogP contribution in [0.5, 0.6) is 0 Å². The lowest BCUT2D eigenvalue weighted by molar-refractivity contribution is 0.769. The van der Waals surface area contributed by atoms with Gasteiger partial charge in [-0.05, 0) is 88.0 Å². The Hall–Kier alpha value is -11.2. The molecule has 0 unspecified atom stereocenters. The molecule has 17 rings (SSSR count). The second kappa shape index (κ2) is 16.9. The lowest BCUT2D eigenvalue weighted by Crippen LogP contribution is -2.28. The molecule has 1 aliphatic carbocycles. The van der Waals surface area contributed by atoms with Crippen LogP contribution < -0.4 is 0 Å². The minimum absolute atomic E-state index is 0.266. The fourth-order valence-corrected chi connectivity index (χ4v) is 14.4. The highest BCUT2D eigenvalue weighted by atomic mass is 15.1. The van der Waals surface area contributed by atoms with Crippen molar-refractivity contribution in [2.75, 3.05) is 0 Å². The summed E-state index contributed by atoms with van der Waals surface area (Å²) in [6.45, 7) is 0. The van der Waals surface area contributed by atoms with Crippen molar-refractivity contribution in [2.45, 2.75) is 5.41 Å². The first-order chi connectivity index (χ1) is 40.2. The maximum Gasteiger partial charge on any atom is 0.103 e. The van der Waals surface area contributed by atoms with Gasteiger partial charge in [0.05, 0.1) is 83.4 Å². The highest BCUT2D eigenvalue weighted by Gasteiger charge is 2.47. The van der Waals surface area contributed by atoms with Gasteiger partial charge in [0.2, 0.25) is 0 Å². The van der Waals surface area contributed by atoms with Crippen molar-refractivity contribution < 1.29 is 0 Å². The molecule has 0 N–H and O–H groups in total. The van der Waals surface area contributed by atoms with Crippen molar-refractivity contribution in [1.82, 2.24) is 18.3 Å². The van der Waals surface area contributed by atoms with Crippen LogP contribution in [0.4, 0.5) is 0 Å². The van der Waals surface area contributed by atoms with Crippen LogP contribution in [-0.4, -0.2) is 18.3 Å². The Morgan fingerprint density at radius 3 is 0.914 bits per heavy atom. The van der Waals surface area contributed by atoms with Crippen LogP contribution in [0.1, 0.15) is 33.4 Å². The second-order valence-electron chi connectivity index (χ2n) is 21.3. The van der Waals surface area contributed by atoms with E-state index in [1.54, 1.807) is 0 Å². The number of hydrogen-bond acceptors (Lipinski definition) is 2. The molecule has 0 spiro atoms. The summed E-state index contributed by atoms with van der Waals surface area (Å²) in [4.78, 5) is 0. The van der Waals surface area contributed by atoms with Crippen molar-refractivity contribution in [2.24, 2.45) is 0 Å². The van der Waals surface area contributed by atoms with Crippen LogP contribution in [-0.2, 0) is 5.41 Å². The quantitative estimate of drug-likeness (QED) is 0.167. The van der Waals surface area contributed by atoms with Gasteiger partial charge in [0.25, 0.3) is 0 Å². The summed E-state index contributed by atoms with van der Waals surface area (Å²) < 4.78 is 9.34. The molecule has 16 aromatic rings. The summed E-state index contributed by atoms with van der Waals surface area (Å²) in [5.41, 5.74) is 17.2. The van der Waals surface area contributed by atoms with Gasteiger partial charge in [0.1, 0.15) is 12.1 Å². The standard InChI is InChI=1S/C75H44N6/c76-45-59-60(46-77)72(81-69-42-22-14-34-56(69)58-43-62-57(44-70(58)81)49-27-7-15-35-61(49)75(62,47-23-3-1-4-24-47)48-25-5-2-6-26-48)74(80-67-40-20-12-32-54(67)55-33-13-21-41-68(55)80)73(79-65-38-18-10-30-52(65)53-31-11-19-39-66(53)79)71(59)78-63-36-16-8-28-50(63)51-29-9-17-37-64(51)78/h1-44H. The van der Waals surface area contributed by atoms with Crippen molar-refractivity contribution in [1.29, 1.82) is 10.5 Å². The first-order valence-electron chi connectivity index (χ1n) is 27.5. The van der Waals surface area contributed by atoms with Gasteiger partial charge in [-0.25, -0.2) is 0 Å². The van der Waals surface area contributed by atoms with Crippen molar-refractivity contribution in [3.8, 4) is 46.0 Å². The van der Waals surface area contributed by atoms with E-state index in [-0.39, 0.29) is 11.1 Å². The number of aromatic nitrogens is 4. The van der Waals surface area contributed by atoms with Crippen LogP contribution in [0.3, 0.4) is 0 Å². The smallest absolute Gasteiger partial charge is 0.103 e. The van der Waals surface area contributed by atoms with E-state index in [2.05, 4.69) is 297 Å². The third-order valence-corrected chi connectivity index (χ3v) is 17.5. The average molecular weight is 1030 g/mol.